The zero-order valence-electron chi connectivity index (χ0n) is 6.86. The molecule has 1 aliphatic carbocycles. The van der Waals surface area contributed by atoms with Gasteiger partial charge in [-0.2, -0.15) is 0 Å². The van der Waals surface area contributed by atoms with Crippen LogP contribution in [0.5, 0.6) is 0 Å². The second-order valence-corrected chi connectivity index (χ2v) is 3.92. The third-order valence-electron chi connectivity index (χ3n) is 2.69. The van der Waals surface area contributed by atoms with E-state index in [0.717, 1.165) is 12.8 Å². The lowest BCUT2D eigenvalue weighted by atomic mass is 9.89. The van der Waals surface area contributed by atoms with E-state index in [1.807, 2.05) is 0 Å². The molecule has 0 unspecified atom stereocenters. The molecule has 0 aromatic heterocycles. The number of nitrogens with zero attached hydrogens (tertiary/aromatic N) is 1. The number of carboxylic acids is 1. The van der Waals surface area contributed by atoms with E-state index in [1.54, 1.807) is 4.90 Å². The van der Waals surface area contributed by atoms with Gasteiger partial charge in [-0.3, -0.25) is 9.69 Å². The molecule has 1 saturated carbocycles. The lowest BCUT2D eigenvalue weighted by molar-refractivity contribution is -0.149. The minimum atomic E-state index is -0.812. The number of hydrogen-bond acceptors (Lipinski definition) is 3. The van der Waals surface area contributed by atoms with Gasteiger partial charge < -0.3 is 10.2 Å². The van der Waals surface area contributed by atoms with Gasteiger partial charge in [0.15, 0.2) is 0 Å². The van der Waals surface area contributed by atoms with Gasteiger partial charge in [-0.05, 0) is 18.8 Å². The highest BCUT2D eigenvalue weighted by Gasteiger charge is 2.51. The summed E-state index contributed by atoms with van der Waals surface area (Å²) in [5, 5.41) is 18.2. The van der Waals surface area contributed by atoms with Gasteiger partial charge in [0.05, 0.1) is 12.1 Å². The van der Waals surface area contributed by atoms with Crippen molar-refractivity contribution in [3.05, 3.63) is 0 Å². The maximum atomic E-state index is 10.3. The standard InChI is InChI=1S/C8H13NO3/c10-7(11)3-9-4-8(12,5-9)6-1-2-6/h6,12H,1-5H2,(H,10,11). The Morgan fingerprint density at radius 2 is 2.08 bits per heavy atom. The number of carboxylic acid groups (broad SMARTS) is 1. The van der Waals surface area contributed by atoms with Crippen molar-refractivity contribution in [1.82, 2.24) is 4.90 Å². The molecule has 0 radical (unpaired) electrons. The molecule has 2 fully saturated rings. The number of hydrogen-bond donors (Lipinski definition) is 2. The molecule has 2 aliphatic rings. The molecular weight excluding hydrogens is 158 g/mol. The van der Waals surface area contributed by atoms with Crippen molar-refractivity contribution in [2.75, 3.05) is 19.6 Å². The van der Waals surface area contributed by atoms with Gasteiger partial charge in [-0.25, -0.2) is 0 Å². The molecule has 0 aromatic rings. The van der Waals surface area contributed by atoms with Crippen LogP contribution in [0.15, 0.2) is 0 Å². The number of aliphatic hydroxyl groups is 1. The SMILES string of the molecule is O=C(O)CN1CC(O)(C2CC2)C1. The van der Waals surface area contributed by atoms with Crippen LogP contribution in [0.25, 0.3) is 0 Å². The number of rotatable bonds is 3. The summed E-state index contributed by atoms with van der Waals surface area (Å²) in [4.78, 5) is 12.0. The van der Waals surface area contributed by atoms with E-state index in [0.29, 0.717) is 19.0 Å². The summed E-state index contributed by atoms with van der Waals surface area (Å²) in [6.45, 7) is 1.16. The average Bonchev–Trinajstić information content (AvgIpc) is 2.62. The lowest BCUT2D eigenvalue weighted by Crippen LogP contribution is -2.63. The van der Waals surface area contributed by atoms with Crippen LogP contribution in [-0.4, -0.2) is 46.3 Å². The predicted molar refractivity (Wildman–Crippen MR) is 41.7 cm³/mol. The summed E-state index contributed by atoms with van der Waals surface area (Å²) < 4.78 is 0. The Hall–Kier alpha value is -0.610. The van der Waals surface area contributed by atoms with E-state index in [4.69, 9.17) is 5.11 Å². The first-order valence-electron chi connectivity index (χ1n) is 4.27. The van der Waals surface area contributed by atoms with Crippen molar-refractivity contribution in [3.63, 3.8) is 0 Å². The third kappa shape index (κ3) is 1.32. The van der Waals surface area contributed by atoms with Crippen LogP contribution in [0.1, 0.15) is 12.8 Å². The van der Waals surface area contributed by atoms with Crippen molar-refractivity contribution >= 4 is 5.97 Å². The van der Waals surface area contributed by atoms with E-state index in [9.17, 15) is 9.90 Å². The maximum absolute atomic E-state index is 10.3. The topological polar surface area (TPSA) is 60.8 Å². The van der Waals surface area contributed by atoms with Crippen molar-refractivity contribution in [2.24, 2.45) is 5.92 Å². The van der Waals surface area contributed by atoms with Gasteiger partial charge in [-0.1, -0.05) is 0 Å². The fraction of sp³-hybridized carbons (Fsp3) is 0.875. The normalized spacial score (nSPS) is 28.1. The highest BCUT2D eigenvalue weighted by Crippen LogP contribution is 2.44. The molecule has 0 amide bonds. The summed E-state index contributed by atoms with van der Waals surface area (Å²) in [7, 11) is 0. The fourth-order valence-electron chi connectivity index (χ4n) is 1.91. The summed E-state index contributed by atoms with van der Waals surface area (Å²) >= 11 is 0. The number of aliphatic carboxylic acids is 1. The van der Waals surface area contributed by atoms with E-state index in [-0.39, 0.29) is 6.54 Å². The molecule has 4 nitrogen and oxygen atoms in total. The number of carbonyl (C=O) groups is 1. The average molecular weight is 171 g/mol. The predicted octanol–water partition coefficient (Wildman–Crippen LogP) is -0.472. The molecule has 1 saturated heterocycles. The Kier molecular flexibility index (Phi) is 1.63. The summed E-state index contributed by atoms with van der Waals surface area (Å²) in [5.74, 6) is -0.365. The molecule has 0 spiro atoms. The highest BCUT2D eigenvalue weighted by atomic mass is 16.4. The first kappa shape index (κ1) is 8.01. The van der Waals surface area contributed by atoms with Gasteiger partial charge in [-0.15, -0.1) is 0 Å². The zero-order valence-corrected chi connectivity index (χ0v) is 6.86. The van der Waals surface area contributed by atoms with E-state index in [2.05, 4.69) is 0 Å². The monoisotopic (exact) mass is 171 g/mol. The molecule has 0 bridgehead atoms. The zero-order chi connectivity index (χ0) is 8.77. The van der Waals surface area contributed by atoms with Gasteiger partial charge in [0, 0.05) is 13.1 Å². The first-order valence-corrected chi connectivity index (χ1v) is 4.27. The van der Waals surface area contributed by atoms with E-state index >= 15 is 0 Å². The second kappa shape index (κ2) is 2.44. The Labute approximate surface area is 70.8 Å². The fourth-order valence-corrected chi connectivity index (χ4v) is 1.91. The molecule has 0 atom stereocenters. The minimum Gasteiger partial charge on any atom is -0.480 e. The molecule has 12 heavy (non-hydrogen) atoms. The van der Waals surface area contributed by atoms with Crippen LogP contribution in [0.3, 0.4) is 0 Å². The molecule has 0 aromatic carbocycles. The second-order valence-electron chi connectivity index (χ2n) is 3.92. The Morgan fingerprint density at radius 1 is 1.50 bits per heavy atom. The van der Waals surface area contributed by atoms with Crippen LogP contribution in [0, 0.1) is 5.92 Å². The lowest BCUT2D eigenvalue weighted by Gasteiger charge is -2.46. The summed E-state index contributed by atoms with van der Waals surface area (Å²) in [6, 6.07) is 0. The van der Waals surface area contributed by atoms with Crippen LogP contribution >= 0.6 is 0 Å². The molecule has 2 N–H and O–H groups in total. The van der Waals surface area contributed by atoms with Crippen molar-refractivity contribution in [1.29, 1.82) is 0 Å². The smallest absolute Gasteiger partial charge is 0.317 e. The summed E-state index contributed by atoms with van der Waals surface area (Å²) in [5.41, 5.74) is -0.546. The maximum Gasteiger partial charge on any atom is 0.317 e. The van der Waals surface area contributed by atoms with Crippen molar-refractivity contribution in [2.45, 2.75) is 18.4 Å². The Bertz CT molecular complexity index is 206. The Balaban J connectivity index is 1.78. The molecule has 68 valence electrons. The van der Waals surface area contributed by atoms with Crippen LogP contribution in [0.2, 0.25) is 0 Å². The van der Waals surface area contributed by atoms with Crippen LogP contribution in [0.4, 0.5) is 0 Å². The van der Waals surface area contributed by atoms with E-state index in [1.165, 1.54) is 0 Å². The number of β-amino-alcohol motifs (C(OH)–C–C–N with tert-alkyl or cyclic N) is 1. The molecular formula is C8H13NO3. The third-order valence-corrected chi connectivity index (χ3v) is 2.69. The largest absolute Gasteiger partial charge is 0.480 e. The molecule has 1 heterocycles. The van der Waals surface area contributed by atoms with Gasteiger partial charge in [0.25, 0.3) is 0 Å². The highest BCUT2D eigenvalue weighted by molar-refractivity contribution is 5.69. The minimum absolute atomic E-state index is 0.0645. The molecule has 4 heteroatoms. The van der Waals surface area contributed by atoms with Crippen molar-refractivity contribution in [3.8, 4) is 0 Å². The first-order chi connectivity index (χ1) is 5.60. The van der Waals surface area contributed by atoms with E-state index < -0.39 is 11.6 Å². The van der Waals surface area contributed by atoms with Crippen LogP contribution < -0.4 is 0 Å². The summed E-state index contributed by atoms with van der Waals surface area (Å²) in [6.07, 6.45) is 2.22. The Morgan fingerprint density at radius 3 is 2.50 bits per heavy atom. The van der Waals surface area contributed by atoms with Gasteiger partial charge in [0.1, 0.15) is 0 Å². The van der Waals surface area contributed by atoms with Crippen LogP contribution in [-0.2, 0) is 4.79 Å². The number of likely N-dealkylation sites (tertiary alicyclic amines) is 1. The molecule has 2 rings (SSSR count). The molecule has 1 aliphatic heterocycles. The quantitative estimate of drug-likeness (QED) is 0.602. The van der Waals surface area contributed by atoms with Gasteiger partial charge in [0.2, 0.25) is 0 Å². The van der Waals surface area contributed by atoms with Crippen molar-refractivity contribution < 1.29 is 15.0 Å². The van der Waals surface area contributed by atoms with Gasteiger partial charge >= 0.3 is 5.97 Å².